The van der Waals surface area contributed by atoms with E-state index in [0.717, 1.165) is 31.5 Å². The number of likely N-dealkylation sites (tertiary alicyclic amines) is 1. The molecule has 3 rings (SSSR count). The van der Waals surface area contributed by atoms with E-state index in [2.05, 4.69) is 23.8 Å². The number of benzene rings is 1. The van der Waals surface area contributed by atoms with Crippen molar-refractivity contribution in [1.82, 2.24) is 14.7 Å². The highest BCUT2D eigenvalue weighted by Crippen LogP contribution is 2.24. The first-order chi connectivity index (χ1) is 11.5. The van der Waals surface area contributed by atoms with Gasteiger partial charge in [-0.1, -0.05) is 12.1 Å². The van der Waals surface area contributed by atoms with E-state index in [1.54, 1.807) is 12.1 Å². The van der Waals surface area contributed by atoms with Crippen LogP contribution in [0, 0.1) is 11.7 Å². The predicted octanol–water partition coefficient (Wildman–Crippen LogP) is 3.03. The van der Waals surface area contributed by atoms with Crippen molar-refractivity contribution < 1.29 is 9.50 Å². The number of halogens is 1. The van der Waals surface area contributed by atoms with E-state index in [9.17, 15) is 9.50 Å². The van der Waals surface area contributed by atoms with Gasteiger partial charge in [-0.15, -0.1) is 0 Å². The lowest BCUT2D eigenvalue weighted by atomic mass is 9.88. The van der Waals surface area contributed by atoms with Gasteiger partial charge in [0, 0.05) is 25.3 Å². The first-order valence-corrected chi connectivity index (χ1v) is 8.70. The molecular weight excluding hydrogens is 305 g/mol. The van der Waals surface area contributed by atoms with E-state index in [1.807, 2.05) is 23.0 Å². The Morgan fingerprint density at radius 1 is 1.33 bits per heavy atom. The minimum atomic E-state index is -0.377. The molecule has 0 bridgehead atoms. The van der Waals surface area contributed by atoms with Crippen LogP contribution in [0.4, 0.5) is 4.39 Å². The average molecular weight is 331 g/mol. The molecule has 1 saturated heterocycles. The summed E-state index contributed by atoms with van der Waals surface area (Å²) in [4.78, 5) is 2.28. The number of nitrogens with zero attached hydrogens (tertiary/aromatic N) is 3. The number of hydrogen-bond donors (Lipinski definition) is 1. The third-order valence-electron chi connectivity index (χ3n) is 4.82. The summed E-state index contributed by atoms with van der Waals surface area (Å²) in [6.07, 6.45) is 3.12. The second kappa shape index (κ2) is 7.45. The summed E-state index contributed by atoms with van der Waals surface area (Å²) in [5.41, 5.74) is 2.14. The summed E-state index contributed by atoms with van der Waals surface area (Å²) < 4.78 is 15.3. The third kappa shape index (κ3) is 4.02. The molecule has 0 unspecified atom stereocenters. The van der Waals surface area contributed by atoms with Gasteiger partial charge in [-0.2, -0.15) is 5.10 Å². The summed E-state index contributed by atoms with van der Waals surface area (Å²) in [7, 11) is 0. The Kier molecular flexibility index (Phi) is 5.31. The van der Waals surface area contributed by atoms with Gasteiger partial charge in [0.25, 0.3) is 0 Å². The Morgan fingerprint density at radius 2 is 2.17 bits per heavy atom. The zero-order chi connectivity index (χ0) is 17.1. The van der Waals surface area contributed by atoms with Gasteiger partial charge in [-0.05, 0) is 62.9 Å². The van der Waals surface area contributed by atoms with E-state index in [0.29, 0.717) is 12.6 Å². The minimum absolute atomic E-state index is 0.193. The van der Waals surface area contributed by atoms with Gasteiger partial charge in [-0.25, -0.2) is 4.39 Å². The molecule has 1 fully saturated rings. The van der Waals surface area contributed by atoms with Crippen LogP contribution in [-0.2, 0) is 13.0 Å². The molecule has 2 heterocycles. The first-order valence-electron chi connectivity index (χ1n) is 8.70. The van der Waals surface area contributed by atoms with Crippen molar-refractivity contribution in [3.63, 3.8) is 0 Å². The van der Waals surface area contributed by atoms with Crippen LogP contribution in [0.1, 0.15) is 37.6 Å². The lowest BCUT2D eigenvalue weighted by molar-refractivity contribution is 0.0176. The van der Waals surface area contributed by atoms with Crippen LogP contribution in [0.3, 0.4) is 0 Å². The van der Waals surface area contributed by atoms with Gasteiger partial charge in [0.2, 0.25) is 0 Å². The predicted molar refractivity (Wildman–Crippen MR) is 92.1 cm³/mol. The van der Waals surface area contributed by atoms with E-state index >= 15 is 0 Å². The van der Waals surface area contributed by atoms with Gasteiger partial charge >= 0.3 is 0 Å². The molecule has 1 aliphatic rings. The van der Waals surface area contributed by atoms with Crippen molar-refractivity contribution in [2.75, 3.05) is 13.1 Å². The Labute approximate surface area is 142 Å². The summed E-state index contributed by atoms with van der Waals surface area (Å²) in [6.45, 7) is 6.65. The number of aliphatic hydroxyl groups is 1. The first kappa shape index (κ1) is 17.1. The van der Waals surface area contributed by atoms with Gasteiger partial charge < -0.3 is 5.11 Å². The normalized spacial score (nSPS) is 22.2. The monoisotopic (exact) mass is 331 g/mol. The van der Waals surface area contributed by atoms with Crippen molar-refractivity contribution in [1.29, 1.82) is 0 Å². The van der Waals surface area contributed by atoms with Crippen LogP contribution in [0.2, 0.25) is 0 Å². The maximum Gasteiger partial charge on any atom is 0.123 e. The minimum Gasteiger partial charge on any atom is -0.391 e. The highest BCUT2D eigenvalue weighted by atomic mass is 19.1. The van der Waals surface area contributed by atoms with Crippen LogP contribution >= 0.6 is 0 Å². The van der Waals surface area contributed by atoms with E-state index in [1.165, 1.54) is 11.8 Å². The molecule has 1 aliphatic heterocycles. The van der Waals surface area contributed by atoms with Gasteiger partial charge in [0.05, 0.1) is 11.8 Å². The van der Waals surface area contributed by atoms with Crippen LogP contribution in [0.25, 0.3) is 0 Å². The third-order valence-corrected chi connectivity index (χ3v) is 4.82. The molecule has 0 amide bonds. The number of aliphatic hydroxyl groups excluding tert-OH is 1. The van der Waals surface area contributed by atoms with Gasteiger partial charge in [0.15, 0.2) is 0 Å². The number of piperidine rings is 1. The summed E-state index contributed by atoms with van der Waals surface area (Å²) in [6, 6.07) is 9.08. The molecule has 0 saturated carbocycles. The molecule has 4 nitrogen and oxygen atoms in total. The van der Waals surface area contributed by atoms with Crippen LogP contribution < -0.4 is 0 Å². The smallest absolute Gasteiger partial charge is 0.123 e. The molecule has 0 aliphatic carbocycles. The topological polar surface area (TPSA) is 41.3 Å². The molecule has 5 heteroatoms. The van der Waals surface area contributed by atoms with Crippen molar-refractivity contribution in [3.05, 3.63) is 53.6 Å². The lowest BCUT2D eigenvalue weighted by Crippen LogP contribution is -2.44. The SMILES string of the molecule is CC(C)n1nccc1CN1CC[C@H](Cc2cccc(F)c2)[C@H](O)C1. The lowest BCUT2D eigenvalue weighted by Gasteiger charge is -2.36. The second-order valence-corrected chi connectivity index (χ2v) is 7.05. The number of rotatable bonds is 5. The van der Waals surface area contributed by atoms with Crippen molar-refractivity contribution in [3.8, 4) is 0 Å². The van der Waals surface area contributed by atoms with Gasteiger partial charge in [-0.3, -0.25) is 9.58 Å². The van der Waals surface area contributed by atoms with E-state index in [-0.39, 0.29) is 17.8 Å². The average Bonchev–Trinajstić information content (AvgIpc) is 2.98. The molecule has 2 aromatic rings. The quantitative estimate of drug-likeness (QED) is 0.916. The fourth-order valence-corrected chi connectivity index (χ4v) is 3.56. The highest BCUT2D eigenvalue weighted by molar-refractivity contribution is 5.17. The Bertz CT molecular complexity index is 670. The van der Waals surface area contributed by atoms with Gasteiger partial charge in [0.1, 0.15) is 5.82 Å². The molecule has 1 N–H and O–H groups in total. The fraction of sp³-hybridized carbons (Fsp3) is 0.526. The molecule has 1 aromatic heterocycles. The molecule has 24 heavy (non-hydrogen) atoms. The van der Waals surface area contributed by atoms with Crippen molar-refractivity contribution >= 4 is 0 Å². The standard InChI is InChI=1S/C19H26FN3O/c1-14(2)23-18(6-8-21-23)12-22-9-7-16(19(24)13-22)10-15-4-3-5-17(20)11-15/h3-6,8,11,14,16,19,24H,7,9-10,12-13H2,1-2H3/t16-,19-/m1/s1. The zero-order valence-corrected chi connectivity index (χ0v) is 14.4. The van der Waals surface area contributed by atoms with Crippen LogP contribution in [0.15, 0.2) is 36.5 Å². The maximum atomic E-state index is 13.3. The highest BCUT2D eigenvalue weighted by Gasteiger charge is 2.28. The Balaban J connectivity index is 1.58. The molecule has 1 aromatic carbocycles. The fourth-order valence-electron chi connectivity index (χ4n) is 3.56. The van der Waals surface area contributed by atoms with Crippen molar-refractivity contribution in [2.24, 2.45) is 5.92 Å². The number of aromatic nitrogens is 2. The molecular formula is C19H26FN3O. The summed E-state index contributed by atoms with van der Waals surface area (Å²) in [5, 5.41) is 14.9. The van der Waals surface area contributed by atoms with E-state index < -0.39 is 0 Å². The second-order valence-electron chi connectivity index (χ2n) is 7.05. The number of hydrogen-bond acceptors (Lipinski definition) is 3. The van der Waals surface area contributed by atoms with Crippen LogP contribution in [-0.4, -0.2) is 39.0 Å². The molecule has 2 atom stereocenters. The van der Waals surface area contributed by atoms with E-state index in [4.69, 9.17) is 0 Å². The van der Waals surface area contributed by atoms with Crippen LogP contribution in [0.5, 0.6) is 0 Å². The largest absolute Gasteiger partial charge is 0.391 e. The Hall–Kier alpha value is -1.72. The molecule has 0 radical (unpaired) electrons. The summed E-state index contributed by atoms with van der Waals surface area (Å²) in [5.74, 6) is -0.0144. The Morgan fingerprint density at radius 3 is 2.88 bits per heavy atom. The summed E-state index contributed by atoms with van der Waals surface area (Å²) >= 11 is 0. The maximum absolute atomic E-state index is 13.3. The van der Waals surface area contributed by atoms with Crippen molar-refractivity contribution in [2.45, 2.75) is 45.4 Å². The molecule has 0 spiro atoms. The number of β-amino-alcohol motifs (C(OH)–C–C–N with tert-alkyl or cyclic N) is 1. The molecule has 130 valence electrons. The zero-order valence-electron chi connectivity index (χ0n) is 14.4.